The molecule has 1 aromatic rings. The molecule has 2 atom stereocenters. The number of rotatable bonds is 6. The average Bonchev–Trinajstić information content (AvgIpc) is 2.74. The zero-order chi connectivity index (χ0) is 14.6. The van der Waals surface area contributed by atoms with Crippen LogP contribution in [0.5, 0.6) is 0 Å². The molecule has 0 amide bonds. The van der Waals surface area contributed by atoms with Crippen LogP contribution in [0.25, 0.3) is 0 Å². The van der Waals surface area contributed by atoms with E-state index < -0.39 is 0 Å². The summed E-state index contributed by atoms with van der Waals surface area (Å²) in [6.45, 7) is 13.5. The van der Waals surface area contributed by atoms with Crippen LogP contribution in [0.1, 0.15) is 59.8 Å². The molecule has 110 valence electrons. The Hall–Kier alpha value is -0.900. The maximum atomic E-state index is 4.41. The first-order chi connectivity index (χ1) is 8.75. The van der Waals surface area contributed by atoms with Crippen molar-refractivity contribution in [1.29, 1.82) is 0 Å². The van der Waals surface area contributed by atoms with Gasteiger partial charge in [0.1, 0.15) is 12.2 Å². The monoisotopic (exact) mass is 266 g/mol. The normalized spacial score (nSPS) is 15.8. The van der Waals surface area contributed by atoms with Crippen LogP contribution in [0.3, 0.4) is 0 Å². The molecule has 0 aromatic carbocycles. The van der Waals surface area contributed by atoms with Gasteiger partial charge in [0.2, 0.25) is 0 Å². The standard InChI is InChI=1S/C15H30N4/c1-11(2)19-14(17-10-18-19)9-13(16-7)8-12(3)15(4,5)6/h10-13,16H,8-9H2,1-7H3. The predicted molar refractivity (Wildman–Crippen MR) is 80.2 cm³/mol. The van der Waals surface area contributed by atoms with Gasteiger partial charge in [-0.1, -0.05) is 27.7 Å². The van der Waals surface area contributed by atoms with Crippen molar-refractivity contribution in [3.8, 4) is 0 Å². The van der Waals surface area contributed by atoms with E-state index in [2.05, 4.69) is 56.9 Å². The fourth-order valence-electron chi connectivity index (χ4n) is 2.16. The summed E-state index contributed by atoms with van der Waals surface area (Å²) in [6.07, 6.45) is 3.76. The summed E-state index contributed by atoms with van der Waals surface area (Å²) in [5.41, 5.74) is 0.348. The first-order valence-electron chi connectivity index (χ1n) is 7.31. The zero-order valence-corrected chi connectivity index (χ0v) is 13.6. The predicted octanol–water partition coefficient (Wildman–Crippen LogP) is 3.06. The first-order valence-corrected chi connectivity index (χ1v) is 7.31. The van der Waals surface area contributed by atoms with Crippen LogP contribution in [-0.4, -0.2) is 27.9 Å². The lowest BCUT2D eigenvalue weighted by molar-refractivity contribution is 0.223. The summed E-state index contributed by atoms with van der Waals surface area (Å²) in [5.74, 6) is 1.75. The molecule has 2 unspecified atom stereocenters. The summed E-state index contributed by atoms with van der Waals surface area (Å²) in [6, 6.07) is 0.825. The minimum Gasteiger partial charge on any atom is -0.317 e. The van der Waals surface area contributed by atoms with Crippen LogP contribution < -0.4 is 5.32 Å². The van der Waals surface area contributed by atoms with Crippen LogP contribution in [0.4, 0.5) is 0 Å². The molecule has 0 aliphatic rings. The first kappa shape index (κ1) is 16.2. The maximum Gasteiger partial charge on any atom is 0.138 e. The molecule has 19 heavy (non-hydrogen) atoms. The van der Waals surface area contributed by atoms with E-state index >= 15 is 0 Å². The summed E-state index contributed by atoms with van der Waals surface area (Å²) in [4.78, 5) is 4.41. The lowest BCUT2D eigenvalue weighted by atomic mass is 9.78. The van der Waals surface area contributed by atoms with Gasteiger partial charge < -0.3 is 5.32 Å². The van der Waals surface area contributed by atoms with Crippen molar-refractivity contribution in [2.45, 2.75) is 66.5 Å². The van der Waals surface area contributed by atoms with Gasteiger partial charge in [0.15, 0.2) is 0 Å². The number of nitrogens with one attached hydrogen (secondary N) is 1. The number of aromatic nitrogens is 3. The Morgan fingerprint density at radius 1 is 1.26 bits per heavy atom. The molecule has 0 saturated heterocycles. The molecule has 0 fully saturated rings. The van der Waals surface area contributed by atoms with E-state index in [4.69, 9.17) is 0 Å². The second-order valence-corrected chi connectivity index (χ2v) is 6.91. The Bertz CT molecular complexity index is 376. The van der Waals surface area contributed by atoms with E-state index in [1.807, 2.05) is 11.7 Å². The Morgan fingerprint density at radius 3 is 2.37 bits per heavy atom. The fraction of sp³-hybridized carbons (Fsp3) is 0.867. The summed E-state index contributed by atoms with van der Waals surface area (Å²) in [7, 11) is 2.04. The van der Waals surface area contributed by atoms with E-state index in [-0.39, 0.29) is 0 Å². The molecular weight excluding hydrogens is 236 g/mol. The Morgan fingerprint density at radius 2 is 1.89 bits per heavy atom. The van der Waals surface area contributed by atoms with E-state index in [9.17, 15) is 0 Å². The zero-order valence-electron chi connectivity index (χ0n) is 13.6. The third-order valence-electron chi connectivity index (χ3n) is 4.09. The SMILES string of the molecule is CNC(Cc1ncnn1C(C)C)CC(C)C(C)(C)C. The quantitative estimate of drug-likeness (QED) is 0.860. The highest BCUT2D eigenvalue weighted by Crippen LogP contribution is 2.29. The lowest BCUT2D eigenvalue weighted by Gasteiger charge is -2.30. The van der Waals surface area contributed by atoms with Crippen molar-refractivity contribution in [2.24, 2.45) is 11.3 Å². The fourth-order valence-corrected chi connectivity index (χ4v) is 2.16. The molecule has 0 saturated carbocycles. The Labute approximate surface area is 118 Å². The summed E-state index contributed by atoms with van der Waals surface area (Å²) >= 11 is 0. The average molecular weight is 266 g/mol. The van der Waals surface area contributed by atoms with Crippen molar-refractivity contribution >= 4 is 0 Å². The largest absolute Gasteiger partial charge is 0.317 e. The van der Waals surface area contributed by atoms with E-state index in [0.717, 1.165) is 18.7 Å². The molecule has 0 radical (unpaired) electrons. The molecule has 0 aliphatic heterocycles. The Balaban J connectivity index is 2.69. The van der Waals surface area contributed by atoms with Crippen LogP contribution in [0.2, 0.25) is 0 Å². The summed E-state index contributed by atoms with van der Waals surface area (Å²) < 4.78 is 2.02. The molecular formula is C15H30N4. The van der Waals surface area contributed by atoms with E-state index in [0.29, 0.717) is 23.4 Å². The second kappa shape index (κ2) is 6.51. The van der Waals surface area contributed by atoms with Gasteiger partial charge in [0.05, 0.1) is 0 Å². The number of hydrogen-bond acceptors (Lipinski definition) is 3. The lowest BCUT2D eigenvalue weighted by Crippen LogP contribution is -2.34. The number of hydrogen-bond donors (Lipinski definition) is 1. The van der Waals surface area contributed by atoms with Gasteiger partial charge in [-0.3, -0.25) is 0 Å². The van der Waals surface area contributed by atoms with E-state index in [1.165, 1.54) is 0 Å². The van der Waals surface area contributed by atoms with Gasteiger partial charge in [-0.15, -0.1) is 0 Å². The van der Waals surface area contributed by atoms with Gasteiger partial charge >= 0.3 is 0 Å². The topological polar surface area (TPSA) is 42.7 Å². The number of nitrogens with zero attached hydrogens (tertiary/aromatic N) is 3. The van der Waals surface area contributed by atoms with Crippen molar-refractivity contribution in [3.05, 3.63) is 12.2 Å². The van der Waals surface area contributed by atoms with Crippen molar-refractivity contribution < 1.29 is 0 Å². The third kappa shape index (κ3) is 4.60. The van der Waals surface area contributed by atoms with Gasteiger partial charge in [0.25, 0.3) is 0 Å². The van der Waals surface area contributed by atoms with Crippen LogP contribution in [0.15, 0.2) is 6.33 Å². The van der Waals surface area contributed by atoms with Crippen LogP contribution in [-0.2, 0) is 6.42 Å². The smallest absolute Gasteiger partial charge is 0.138 e. The van der Waals surface area contributed by atoms with E-state index in [1.54, 1.807) is 6.33 Å². The summed E-state index contributed by atoms with van der Waals surface area (Å²) in [5, 5.41) is 7.74. The minimum absolute atomic E-state index is 0.348. The highest BCUT2D eigenvalue weighted by molar-refractivity contribution is 4.92. The van der Waals surface area contributed by atoms with Gasteiger partial charge in [-0.05, 0) is 38.6 Å². The van der Waals surface area contributed by atoms with Gasteiger partial charge in [-0.2, -0.15) is 5.10 Å². The maximum absolute atomic E-state index is 4.41. The third-order valence-corrected chi connectivity index (χ3v) is 4.09. The van der Waals surface area contributed by atoms with Gasteiger partial charge in [-0.25, -0.2) is 9.67 Å². The number of likely N-dealkylation sites (N-methyl/N-ethyl adjacent to an activating group) is 1. The molecule has 4 heteroatoms. The molecule has 1 aromatic heterocycles. The van der Waals surface area contributed by atoms with Crippen molar-refractivity contribution in [3.63, 3.8) is 0 Å². The molecule has 1 N–H and O–H groups in total. The van der Waals surface area contributed by atoms with Crippen molar-refractivity contribution in [1.82, 2.24) is 20.1 Å². The van der Waals surface area contributed by atoms with Crippen LogP contribution in [0, 0.1) is 11.3 Å². The van der Waals surface area contributed by atoms with Crippen molar-refractivity contribution in [2.75, 3.05) is 7.05 Å². The molecule has 4 nitrogen and oxygen atoms in total. The van der Waals surface area contributed by atoms with Gasteiger partial charge in [0, 0.05) is 18.5 Å². The molecule has 0 bridgehead atoms. The molecule has 1 heterocycles. The van der Waals surface area contributed by atoms with Crippen LogP contribution >= 0.6 is 0 Å². The molecule has 1 rings (SSSR count). The highest BCUT2D eigenvalue weighted by atomic mass is 15.3. The minimum atomic E-state index is 0.348. The highest BCUT2D eigenvalue weighted by Gasteiger charge is 2.24. The second-order valence-electron chi connectivity index (χ2n) is 6.91. The molecule has 0 spiro atoms. The Kier molecular flexibility index (Phi) is 5.53. The molecule has 0 aliphatic carbocycles.